The van der Waals surface area contributed by atoms with Gasteiger partial charge in [-0.25, -0.2) is 9.37 Å². The topological polar surface area (TPSA) is 59.0 Å². The van der Waals surface area contributed by atoms with Crippen molar-refractivity contribution >= 4 is 16.9 Å². The minimum absolute atomic E-state index is 0.256. The fraction of sp³-hybridized carbons (Fsp3) is 0.222. The van der Waals surface area contributed by atoms with Crippen LogP contribution in [0.1, 0.15) is 15.9 Å². The van der Waals surface area contributed by atoms with E-state index in [0.717, 1.165) is 17.0 Å². The van der Waals surface area contributed by atoms with E-state index in [4.69, 9.17) is 0 Å². The Kier molecular flexibility index (Phi) is 3.54. The molecule has 1 amide bonds. The number of hydrogen-bond acceptors (Lipinski definition) is 3. The van der Waals surface area contributed by atoms with Gasteiger partial charge in [-0.2, -0.15) is 0 Å². The minimum Gasteiger partial charge on any atom is -0.350 e. The molecule has 0 saturated heterocycles. The van der Waals surface area contributed by atoms with Crippen molar-refractivity contribution in [2.45, 2.75) is 13.1 Å². The molecule has 0 saturated carbocycles. The van der Waals surface area contributed by atoms with Crippen LogP contribution in [-0.4, -0.2) is 29.1 Å². The largest absolute Gasteiger partial charge is 0.350 e. The van der Waals surface area contributed by atoms with Gasteiger partial charge >= 0.3 is 0 Å². The van der Waals surface area contributed by atoms with Crippen LogP contribution in [0.4, 0.5) is 4.39 Å². The van der Waals surface area contributed by atoms with Crippen molar-refractivity contribution in [3.8, 4) is 11.4 Å². The number of imidazole rings is 1. The summed E-state index contributed by atoms with van der Waals surface area (Å²) in [5.41, 5.74) is 3.64. The zero-order valence-corrected chi connectivity index (χ0v) is 13.3. The van der Waals surface area contributed by atoms with Gasteiger partial charge in [0.1, 0.15) is 11.6 Å². The van der Waals surface area contributed by atoms with Crippen molar-refractivity contribution in [3.05, 3.63) is 53.3 Å². The van der Waals surface area contributed by atoms with Crippen LogP contribution in [-0.2, 0) is 13.1 Å². The summed E-state index contributed by atoms with van der Waals surface area (Å²) < 4.78 is 15.9. The van der Waals surface area contributed by atoms with E-state index in [9.17, 15) is 9.18 Å². The van der Waals surface area contributed by atoms with E-state index in [1.807, 2.05) is 35.9 Å². The quantitative estimate of drug-likeness (QED) is 0.777. The van der Waals surface area contributed by atoms with Gasteiger partial charge in [0.25, 0.3) is 5.91 Å². The molecule has 24 heavy (non-hydrogen) atoms. The van der Waals surface area contributed by atoms with Crippen LogP contribution in [0.2, 0.25) is 0 Å². The molecule has 2 N–H and O–H groups in total. The van der Waals surface area contributed by atoms with Gasteiger partial charge in [0.05, 0.1) is 16.6 Å². The van der Waals surface area contributed by atoms with Gasteiger partial charge in [-0.3, -0.25) is 4.79 Å². The highest BCUT2D eigenvalue weighted by molar-refractivity contribution is 6.06. The summed E-state index contributed by atoms with van der Waals surface area (Å²) in [6.07, 6.45) is 0. The van der Waals surface area contributed by atoms with E-state index in [-0.39, 0.29) is 5.91 Å². The fourth-order valence-corrected chi connectivity index (χ4v) is 3.29. The molecule has 122 valence electrons. The van der Waals surface area contributed by atoms with Gasteiger partial charge in [0.15, 0.2) is 0 Å². The van der Waals surface area contributed by atoms with Crippen LogP contribution >= 0.6 is 0 Å². The number of rotatable bonds is 3. The Hall–Kier alpha value is -2.73. The second-order valence-electron chi connectivity index (χ2n) is 5.85. The molecule has 2 heterocycles. The second kappa shape index (κ2) is 5.72. The van der Waals surface area contributed by atoms with Gasteiger partial charge in [0.2, 0.25) is 0 Å². The average molecular weight is 324 g/mol. The number of nitrogens with zero attached hydrogens (tertiary/aromatic N) is 2. The van der Waals surface area contributed by atoms with Crippen molar-refractivity contribution in [1.29, 1.82) is 0 Å². The predicted molar refractivity (Wildman–Crippen MR) is 90.2 cm³/mol. The first-order chi connectivity index (χ1) is 11.7. The minimum atomic E-state index is -0.450. The number of amides is 1. The molecule has 5 nitrogen and oxygen atoms in total. The summed E-state index contributed by atoms with van der Waals surface area (Å²) in [7, 11) is 1.89. The van der Waals surface area contributed by atoms with Gasteiger partial charge in [-0.1, -0.05) is 24.3 Å². The van der Waals surface area contributed by atoms with Crippen molar-refractivity contribution in [2.75, 3.05) is 13.6 Å². The predicted octanol–water partition coefficient (Wildman–Crippen LogP) is 2.31. The number of hydrogen-bond donors (Lipinski definition) is 2. The average Bonchev–Trinajstić information content (AvgIpc) is 2.84. The van der Waals surface area contributed by atoms with Crippen molar-refractivity contribution in [2.24, 2.45) is 0 Å². The lowest BCUT2D eigenvalue weighted by Gasteiger charge is -2.11. The molecular formula is C18H17FN4O. The first kappa shape index (κ1) is 14.8. The summed E-state index contributed by atoms with van der Waals surface area (Å²) in [6, 6.07) is 10.7. The SMILES string of the molecule is CNCc1ccccc1-c1nc2cc(F)cc3c2n1CCNC3=O. The Labute approximate surface area is 138 Å². The van der Waals surface area contributed by atoms with Crippen LogP contribution in [0, 0.1) is 5.82 Å². The lowest BCUT2D eigenvalue weighted by atomic mass is 10.1. The highest BCUT2D eigenvalue weighted by Crippen LogP contribution is 2.30. The molecule has 0 aliphatic carbocycles. The summed E-state index contributed by atoms with van der Waals surface area (Å²) in [5, 5.41) is 5.97. The molecule has 0 spiro atoms. The molecule has 0 bridgehead atoms. The number of halogens is 1. The summed E-state index contributed by atoms with van der Waals surface area (Å²) in [6.45, 7) is 1.80. The monoisotopic (exact) mass is 324 g/mol. The third-order valence-electron chi connectivity index (χ3n) is 4.30. The highest BCUT2D eigenvalue weighted by atomic mass is 19.1. The first-order valence-corrected chi connectivity index (χ1v) is 7.90. The first-order valence-electron chi connectivity index (χ1n) is 7.90. The van der Waals surface area contributed by atoms with E-state index in [1.165, 1.54) is 12.1 Å². The number of carbonyl (C=O) groups is 1. The smallest absolute Gasteiger partial charge is 0.253 e. The van der Waals surface area contributed by atoms with E-state index < -0.39 is 5.82 Å². The molecule has 1 aliphatic rings. The molecule has 0 atom stereocenters. The Morgan fingerprint density at radius 1 is 1.29 bits per heavy atom. The zero-order chi connectivity index (χ0) is 16.7. The standard InChI is InChI=1S/C18H17FN4O/c1-20-10-11-4-2-3-5-13(11)17-22-15-9-12(19)8-14-16(15)23(17)7-6-21-18(14)24/h2-5,8-9,20H,6-7,10H2,1H3,(H,21,24). The normalized spacial score (nSPS) is 13.8. The van der Waals surface area contributed by atoms with Crippen molar-refractivity contribution in [3.63, 3.8) is 0 Å². The molecule has 3 aromatic rings. The van der Waals surface area contributed by atoms with E-state index >= 15 is 0 Å². The molecule has 0 unspecified atom stereocenters. The third kappa shape index (κ3) is 2.27. The molecule has 0 radical (unpaired) electrons. The van der Waals surface area contributed by atoms with Crippen LogP contribution in [0.25, 0.3) is 22.4 Å². The van der Waals surface area contributed by atoms with E-state index in [2.05, 4.69) is 15.6 Å². The lowest BCUT2D eigenvalue weighted by Crippen LogP contribution is -2.24. The van der Waals surface area contributed by atoms with E-state index in [0.29, 0.717) is 36.2 Å². The Morgan fingerprint density at radius 2 is 2.12 bits per heavy atom. The van der Waals surface area contributed by atoms with Gasteiger partial charge in [-0.05, 0) is 18.7 Å². The molecule has 2 aromatic carbocycles. The summed E-state index contributed by atoms with van der Waals surface area (Å²) in [4.78, 5) is 16.9. The number of nitrogens with one attached hydrogen (secondary N) is 2. The van der Waals surface area contributed by atoms with E-state index in [1.54, 1.807) is 0 Å². The number of benzene rings is 2. The van der Waals surface area contributed by atoms with Crippen LogP contribution in [0.3, 0.4) is 0 Å². The zero-order valence-electron chi connectivity index (χ0n) is 13.3. The van der Waals surface area contributed by atoms with Crippen molar-refractivity contribution in [1.82, 2.24) is 20.2 Å². The maximum Gasteiger partial charge on any atom is 0.253 e. The Bertz CT molecular complexity index is 948. The van der Waals surface area contributed by atoms with Crippen LogP contribution in [0.15, 0.2) is 36.4 Å². The summed E-state index contributed by atoms with van der Waals surface area (Å²) >= 11 is 0. The second-order valence-corrected chi connectivity index (χ2v) is 5.85. The molecule has 4 rings (SSSR count). The summed E-state index contributed by atoms with van der Waals surface area (Å²) in [5.74, 6) is 0.0571. The molecule has 1 aromatic heterocycles. The fourth-order valence-electron chi connectivity index (χ4n) is 3.29. The van der Waals surface area contributed by atoms with Gasteiger partial charge < -0.3 is 15.2 Å². The van der Waals surface area contributed by atoms with Crippen LogP contribution in [0.5, 0.6) is 0 Å². The molecule has 0 fully saturated rings. The molecule has 6 heteroatoms. The number of aromatic nitrogens is 2. The maximum atomic E-state index is 13.9. The van der Waals surface area contributed by atoms with Crippen molar-refractivity contribution < 1.29 is 9.18 Å². The highest BCUT2D eigenvalue weighted by Gasteiger charge is 2.23. The maximum absolute atomic E-state index is 13.9. The Balaban J connectivity index is 2.03. The number of carbonyl (C=O) groups excluding carboxylic acids is 1. The van der Waals surface area contributed by atoms with Gasteiger partial charge in [-0.15, -0.1) is 0 Å². The molecule has 1 aliphatic heterocycles. The van der Waals surface area contributed by atoms with Gasteiger partial charge in [0, 0.05) is 31.3 Å². The third-order valence-corrected chi connectivity index (χ3v) is 4.30. The van der Waals surface area contributed by atoms with Crippen LogP contribution < -0.4 is 10.6 Å². The lowest BCUT2D eigenvalue weighted by molar-refractivity contribution is 0.0956. The molecular weight excluding hydrogens is 307 g/mol. The Morgan fingerprint density at radius 3 is 2.96 bits per heavy atom.